The highest BCUT2D eigenvalue weighted by molar-refractivity contribution is 5.91. The first-order valence-corrected chi connectivity index (χ1v) is 10.4. The van der Waals surface area contributed by atoms with Crippen LogP contribution in [0.2, 0.25) is 0 Å². The molecule has 2 aliphatic rings. The lowest BCUT2D eigenvalue weighted by Crippen LogP contribution is -2.57. The van der Waals surface area contributed by atoms with Gasteiger partial charge in [-0.2, -0.15) is 0 Å². The molecule has 1 heterocycles. The molecule has 3 amide bonds. The first kappa shape index (κ1) is 22.3. The molecule has 3 N–H and O–H groups in total. The van der Waals surface area contributed by atoms with Gasteiger partial charge in [0, 0.05) is 19.0 Å². The van der Waals surface area contributed by atoms with Gasteiger partial charge < -0.3 is 25.6 Å². The van der Waals surface area contributed by atoms with Crippen LogP contribution in [0.25, 0.3) is 0 Å². The van der Waals surface area contributed by atoms with Crippen LogP contribution in [-0.4, -0.2) is 66.7 Å². The van der Waals surface area contributed by atoms with Crippen molar-refractivity contribution in [3.05, 3.63) is 0 Å². The minimum absolute atomic E-state index is 0.0749. The van der Waals surface area contributed by atoms with E-state index in [1.807, 2.05) is 0 Å². The summed E-state index contributed by atoms with van der Waals surface area (Å²) in [4.78, 5) is 50.7. The van der Waals surface area contributed by atoms with Crippen LogP contribution in [0.15, 0.2) is 0 Å². The largest absolute Gasteiger partial charge is 0.352 e. The van der Waals surface area contributed by atoms with E-state index in [-0.39, 0.29) is 29.7 Å². The minimum Gasteiger partial charge on any atom is -0.352 e. The Hall–Kier alpha value is -1.96. The summed E-state index contributed by atoms with van der Waals surface area (Å²) in [5.74, 6) is -0.451. The van der Waals surface area contributed by atoms with Gasteiger partial charge in [-0.1, -0.05) is 26.2 Å². The molecule has 0 bridgehead atoms. The predicted octanol–water partition coefficient (Wildman–Crippen LogP) is 0.354. The third-order valence-electron chi connectivity index (χ3n) is 5.98. The van der Waals surface area contributed by atoms with E-state index < -0.39 is 18.1 Å². The fourth-order valence-electron chi connectivity index (χ4n) is 4.12. The summed E-state index contributed by atoms with van der Waals surface area (Å²) < 4.78 is 0. The number of likely N-dealkylation sites (N-methyl/N-ethyl adjacent to an activating group) is 1. The maximum atomic E-state index is 13.4. The third kappa shape index (κ3) is 5.53. The van der Waals surface area contributed by atoms with Crippen molar-refractivity contribution in [2.45, 2.75) is 83.0 Å². The first-order valence-electron chi connectivity index (χ1n) is 10.4. The SMILES string of the molecule is CCC(=O)NC1CC(C=O)N(C(=O)C(NC(=O)[C@H](C)NC)C2CCCCC2)C1. The molecule has 28 heavy (non-hydrogen) atoms. The number of hydrogen-bond acceptors (Lipinski definition) is 5. The standard InChI is InChI=1S/C20H34N4O4/c1-4-17(26)22-15-10-16(12-25)24(11-15)20(28)18(14-8-6-5-7-9-14)23-19(27)13(2)21-3/h12-16,18,21H,4-11H2,1-3H3,(H,22,26)(H,23,27)/t13-,15?,16?,18?/m0/s1. The summed E-state index contributed by atoms with van der Waals surface area (Å²) in [6.07, 6.45) is 6.55. The number of amides is 3. The summed E-state index contributed by atoms with van der Waals surface area (Å²) in [5.41, 5.74) is 0. The highest BCUT2D eigenvalue weighted by Crippen LogP contribution is 2.29. The lowest BCUT2D eigenvalue weighted by atomic mass is 9.83. The number of hydrogen-bond donors (Lipinski definition) is 3. The van der Waals surface area contributed by atoms with Crippen LogP contribution >= 0.6 is 0 Å². The summed E-state index contributed by atoms with van der Waals surface area (Å²) >= 11 is 0. The Morgan fingerprint density at radius 1 is 1.18 bits per heavy atom. The van der Waals surface area contributed by atoms with Crippen LogP contribution in [0, 0.1) is 5.92 Å². The summed E-state index contributed by atoms with van der Waals surface area (Å²) in [6, 6.07) is -1.84. The topological polar surface area (TPSA) is 108 Å². The van der Waals surface area contributed by atoms with Crippen LogP contribution in [-0.2, 0) is 19.2 Å². The molecular weight excluding hydrogens is 360 g/mol. The van der Waals surface area contributed by atoms with Gasteiger partial charge in [0.05, 0.1) is 12.1 Å². The van der Waals surface area contributed by atoms with E-state index in [0.29, 0.717) is 19.4 Å². The van der Waals surface area contributed by atoms with E-state index in [4.69, 9.17) is 0 Å². The van der Waals surface area contributed by atoms with Gasteiger partial charge in [0.1, 0.15) is 12.3 Å². The maximum absolute atomic E-state index is 13.4. The molecule has 1 saturated heterocycles. The highest BCUT2D eigenvalue weighted by atomic mass is 16.2. The van der Waals surface area contributed by atoms with E-state index in [1.165, 1.54) is 4.90 Å². The molecule has 0 aromatic carbocycles. The summed E-state index contributed by atoms with van der Waals surface area (Å²) in [6.45, 7) is 3.81. The lowest BCUT2D eigenvalue weighted by Gasteiger charge is -2.34. The molecule has 0 radical (unpaired) electrons. The number of aldehydes is 1. The van der Waals surface area contributed by atoms with E-state index in [2.05, 4.69) is 16.0 Å². The fraction of sp³-hybridized carbons (Fsp3) is 0.800. The second-order valence-corrected chi connectivity index (χ2v) is 7.94. The number of carbonyl (C=O) groups excluding carboxylic acids is 4. The quantitative estimate of drug-likeness (QED) is 0.515. The first-order chi connectivity index (χ1) is 13.4. The molecule has 0 spiro atoms. The van der Waals surface area contributed by atoms with Crippen LogP contribution in [0.1, 0.15) is 58.8 Å². The number of nitrogens with zero attached hydrogens (tertiary/aromatic N) is 1. The van der Waals surface area contributed by atoms with Crippen molar-refractivity contribution in [3.63, 3.8) is 0 Å². The molecule has 8 nitrogen and oxygen atoms in total. The Bertz CT molecular complexity index is 577. The number of likely N-dealkylation sites (tertiary alicyclic amines) is 1. The monoisotopic (exact) mass is 394 g/mol. The lowest BCUT2D eigenvalue weighted by molar-refractivity contribution is -0.140. The zero-order chi connectivity index (χ0) is 20.7. The van der Waals surface area contributed by atoms with Crippen LogP contribution in [0.4, 0.5) is 0 Å². The molecule has 4 atom stereocenters. The number of carbonyl (C=O) groups is 4. The Morgan fingerprint density at radius 2 is 1.86 bits per heavy atom. The van der Waals surface area contributed by atoms with Gasteiger partial charge in [0.15, 0.2) is 0 Å². The van der Waals surface area contributed by atoms with E-state index in [0.717, 1.165) is 38.4 Å². The molecule has 3 unspecified atom stereocenters. The third-order valence-corrected chi connectivity index (χ3v) is 5.98. The van der Waals surface area contributed by atoms with Gasteiger partial charge >= 0.3 is 0 Å². The predicted molar refractivity (Wildman–Crippen MR) is 105 cm³/mol. The zero-order valence-electron chi connectivity index (χ0n) is 17.2. The van der Waals surface area contributed by atoms with Gasteiger partial charge in [0.2, 0.25) is 17.7 Å². The molecular formula is C20H34N4O4. The van der Waals surface area contributed by atoms with Gasteiger partial charge in [-0.25, -0.2) is 0 Å². The van der Waals surface area contributed by atoms with Gasteiger partial charge in [-0.3, -0.25) is 14.4 Å². The van der Waals surface area contributed by atoms with E-state index in [1.54, 1.807) is 20.9 Å². The Labute approximate surface area is 167 Å². The summed E-state index contributed by atoms with van der Waals surface area (Å²) in [7, 11) is 1.70. The molecule has 1 saturated carbocycles. The molecule has 158 valence electrons. The second kappa shape index (κ2) is 10.5. The molecule has 1 aliphatic heterocycles. The fourth-order valence-corrected chi connectivity index (χ4v) is 4.12. The maximum Gasteiger partial charge on any atom is 0.246 e. The molecule has 8 heteroatoms. The average molecular weight is 395 g/mol. The Balaban J connectivity index is 2.15. The number of rotatable bonds is 8. The van der Waals surface area contributed by atoms with Crippen LogP contribution in [0.5, 0.6) is 0 Å². The van der Waals surface area contributed by atoms with Crippen LogP contribution < -0.4 is 16.0 Å². The van der Waals surface area contributed by atoms with Crippen molar-refractivity contribution in [1.82, 2.24) is 20.9 Å². The minimum atomic E-state index is -0.633. The average Bonchev–Trinajstić information content (AvgIpc) is 3.13. The molecule has 0 aromatic heterocycles. The van der Waals surface area contributed by atoms with Crippen LogP contribution in [0.3, 0.4) is 0 Å². The molecule has 2 fully saturated rings. The van der Waals surface area contributed by atoms with Crippen molar-refractivity contribution >= 4 is 24.0 Å². The number of nitrogens with one attached hydrogen (secondary N) is 3. The highest BCUT2D eigenvalue weighted by Gasteiger charge is 2.41. The van der Waals surface area contributed by atoms with Gasteiger partial charge in [-0.05, 0) is 39.2 Å². The van der Waals surface area contributed by atoms with Crippen molar-refractivity contribution < 1.29 is 19.2 Å². The van der Waals surface area contributed by atoms with Crippen molar-refractivity contribution in [1.29, 1.82) is 0 Å². The van der Waals surface area contributed by atoms with Crippen molar-refractivity contribution in [2.24, 2.45) is 5.92 Å². The Morgan fingerprint density at radius 3 is 2.43 bits per heavy atom. The van der Waals surface area contributed by atoms with E-state index >= 15 is 0 Å². The van der Waals surface area contributed by atoms with Crippen molar-refractivity contribution in [2.75, 3.05) is 13.6 Å². The molecule has 2 rings (SSSR count). The normalized spacial score (nSPS) is 25.0. The van der Waals surface area contributed by atoms with Crippen molar-refractivity contribution in [3.8, 4) is 0 Å². The smallest absolute Gasteiger partial charge is 0.246 e. The molecule has 0 aromatic rings. The van der Waals surface area contributed by atoms with Gasteiger partial charge in [-0.15, -0.1) is 0 Å². The zero-order valence-corrected chi connectivity index (χ0v) is 17.2. The van der Waals surface area contributed by atoms with Gasteiger partial charge in [0.25, 0.3) is 0 Å². The van der Waals surface area contributed by atoms with E-state index in [9.17, 15) is 19.2 Å². The molecule has 1 aliphatic carbocycles. The Kier molecular flexibility index (Phi) is 8.41. The second-order valence-electron chi connectivity index (χ2n) is 7.94. The summed E-state index contributed by atoms with van der Waals surface area (Å²) in [5, 5.41) is 8.70.